The van der Waals surface area contributed by atoms with Gasteiger partial charge in [0.2, 0.25) is 0 Å². The number of rotatable bonds is 5. The van der Waals surface area contributed by atoms with E-state index < -0.39 is 10.0 Å². The number of nitrogens with zero attached hydrogens (tertiary/aromatic N) is 1. The van der Waals surface area contributed by atoms with Crippen LogP contribution in [0.4, 0.5) is 5.69 Å². The molecule has 7 nitrogen and oxygen atoms in total. The highest BCUT2D eigenvalue weighted by atomic mass is 35.5. The third-order valence-corrected chi connectivity index (χ3v) is 6.10. The van der Waals surface area contributed by atoms with E-state index in [-0.39, 0.29) is 28.7 Å². The molecule has 0 bridgehead atoms. The lowest BCUT2D eigenvalue weighted by Gasteiger charge is -2.35. The van der Waals surface area contributed by atoms with Crippen molar-refractivity contribution in [3.8, 4) is 5.75 Å². The van der Waals surface area contributed by atoms with E-state index in [0.29, 0.717) is 29.4 Å². The summed E-state index contributed by atoms with van der Waals surface area (Å²) in [7, 11) is -2.52. The maximum atomic E-state index is 12.9. The zero-order valence-corrected chi connectivity index (χ0v) is 18.0. The first-order valence-corrected chi connectivity index (χ1v) is 11.0. The largest absolute Gasteiger partial charge is 0.495 e. The highest BCUT2D eigenvalue weighted by molar-refractivity contribution is 7.92. The summed E-state index contributed by atoms with van der Waals surface area (Å²) in [6, 6.07) is 10.6. The Hall–Kier alpha value is -2.29. The van der Waals surface area contributed by atoms with Gasteiger partial charge in [0, 0.05) is 23.7 Å². The Kier molecular flexibility index (Phi) is 6.36. The first-order chi connectivity index (χ1) is 13.7. The Morgan fingerprint density at radius 1 is 1.17 bits per heavy atom. The molecule has 1 aliphatic heterocycles. The number of hydrogen-bond acceptors (Lipinski definition) is 5. The van der Waals surface area contributed by atoms with Crippen molar-refractivity contribution in [2.75, 3.05) is 24.9 Å². The highest BCUT2D eigenvalue weighted by Crippen LogP contribution is 2.30. The summed E-state index contributed by atoms with van der Waals surface area (Å²) < 4.78 is 39.1. The molecule has 0 saturated carbocycles. The number of amides is 1. The van der Waals surface area contributed by atoms with Crippen molar-refractivity contribution in [3.05, 3.63) is 53.1 Å². The maximum Gasteiger partial charge on any atom is 0.262 e. The summed E-state index contributed by atoms with van der Waals surface area (Å²) >= 11 is 5.97. The number of hydrogen-bond donors (Lipinski definition) is 1. The second kappa shape index (κ2) is 8.61. The molecule has 2 aromatic rings. The van der Waals surface area contributed by atoms with Gasteiger partial charge in [0.15, 0.2) is 0 Å². The fourth-order valence-corrected chi connectivity index (χ4v) is 4.57. The number of methoxy groups -OCH3 is 1. The number of carbonyl (C=O) groups excluding carboxylic acids is 1. The van der Waals surface area contributed by atoms with Crippen LogP contribution >= 0.6 is 11.6 Å². The van der Waals surface area contributed by atoms with E-state index in [2.05, 4.69) is 4.72 Å². The van der Waals surface area contributed by atoms with Crippen LogP contribution in [0.1, 0.15) is 24.2 Å². The maximum absolute atomic E-state index is 12.9. The van der Waals surface area contributed by atoms with Gasteiger partial charge < -0.3 is 14.4 Å². The molecule has 1 saturated heterocycles. The molecule has 0 aliphatic carbocycles. The van der Waals surface area contributed by atoms with Crippen LogP contribution in [-0.4, -0.2) is 51.6 Å². The third-order valence-electron chi connectivity index (χ3n) is 4.50. The van der Waals surface area contributed by atoms with Crippen molar-refractivity contribution < 1.29 is 22.7 Å². The van der Waals surface area contributed by atoms with Crippen LogP contribution in [0.15, 0.2) is 47.4 Å². The average Bonchev–Trinajstić information content (AvgIpc) is 2.66. The van der Waals surface area contributed by atoms with Crippen molar-refractivity contribution >= 4 is 33.2 Å². The monoisotopic (exact) mass is 438 g/mol. The van der Waals surface area contributed by atoms with Crippen LogP contribution < -0.4 is 9.46 Å². The number of nitrogens with one attached hydrogen (secondary N) is 1. The molecule has 1 heterocycles. The molecule has 1 N–H and O–H groups in total. The SMILES string of the molecule is COc1ccc(Cl)cc1NS(=O)(=O)c1cccc(C(=O)N2C[C@H](C)O[C@@H](C)C2)c1. The van der Waals surface area contributed by atoms with E-state index in [1.54, 1.807) is 29.2 Å². The Labute approximate surface area is 175 Å². The number of ether oxygens (including phenoxy) is 2. The van der Waals surface area contributed by atoms with E-state index in [1.165, 1.54) is 25.3 Å². The van der Waals surface area contributed by atoms with Crippen molar-refractivity contribution in [1.29, 1.82) is 0 Å². The Morgan fingerprint density at radius 3 is 2.52 bits per heavy atom. The molecule has 2 atom stereocenters. The first kappa shape index (κ1) is 21.4. The van der Waals surface area contributed by atoms with Crippen molar-refractivity contribution in [1.82, 2.24) is 4.90 Å². The number of morpholine rings is 1. The number of anilines is 1. The van der Waals surface area contributed by atoms with E-state index >= 15 is 0 Å². The van der Waals surface area contributed by atoms with Gasteiger partial charge >= 0.3 is 0 Å². The zero-order valence-electron chi connectivity index (χ0n) is 16.4. The first-order valence-electron chi connectivity index (χ1n) is 9.11. The molecular formula is C20H23ClN2O5S. The van der Waals surface area contributed by atoms with Crippen molar-refractivity contribution in [2.24, 2.45) is 0 Å². The lowest BCUT2D eigenvalue weighted by atomic mass is 10.1. The minimum atomic E-state index is -3.96. The topological polar surface area (TPSA) is 84.9 Å². The van der Waals surface area contributed by atoms with Crippen molar-refractivity contribution in [3.63, 3.8) is 0 Å². The number of sulfonamides is 1. The summed E-state index contributed by atoms with van der Waals surface area (Å²) in [5, 5.41) is 0.364. The third kappa shape index (κ3) is 5.01. The molecule has 1 aliphatic rings. The average molecular weight is 439 g/mol. The molecule has 156 valence electrons. The number of halogens is 1. The molecule has 29 heavy (non-hydrogen) atoms. The van der Waals surface area contributed by atoms with E-state index in [0.717, 1.165) is 0 Å². The lowest BCUT2D eigenvalue weighted by Crippen LogP contribution is -2.48. The minimum Gasteiger partial charge on any atom is -0.495 e. The molecular weight excluding hydrogens is 416 g/mol. The van der Waals surface area contributed by atoms with Gasteiger partial charge in [0.25, 0.3) is 15.9 Å². The summed E-state index contributed by atoms with van der Waals surface area (Å²) in [6.45, 7) is 4.72. The van der Waals surface area contributed by atoms with E-state index in [1.807, 2.05) is 13.8 Å². The van der Waals surface area contributed by atoms with Crippen LogP contribution in [0.25, 0.3) is 0 Å². The van der Waals surface area contributed by atoms with Gasteiger partial charge in [0.1, 0.15) is 5.75 Å². The fourth-order valence-electron chi connectivity index (χ4n) is 3.29. The molecule has 0 radical (unpaired) electrons. The normalized spacial score (nSPS) is 19.7. The summed E-state index contributed by atoms with van der Waals surface area (Å²) in [5.41, 5.74) is 0.514. The van der Waals surface area contributed by atoms with Crippen LogP contribution in [0.5, 0.6) is 5.75 Å². The molecule has 9 heteroatoms. The summed E-state index contributed by atoms with van der Waals surface area (Å²) in [5.74, 6) is 0.103. The standard InChI is InChI=1S/C20H23ClN2O5S/c1-13-11-23(12-14(2)28-13)20(24)15-5-4-6-17(9-15)29(25,26)22-18-10-16(21)7-8-19(18)27-3/h4-10,13-14,22H,11-12H2,1-3H3/t13-,14-/m0/s1. The Morgan fingerprint density at radius 2 is 1.86 bits per heavy atom. The lowest BCUT2D eigenvalue weighted by molar-refractivity contribution is -0.0586. The number of carbonyl (C=O) groups is 1. The van der Waals surface area contributed by atoms with Gasteiger partial charge in [-0.2, -0.15) is 0 Å². The molecule has 3 rings (SSSR count). The predicted molar refractivity (Wildman–Crippen MR) is 111 cm³/mol. The van der Waals surface area contributed by atoms with Gasteiger partial charge in [-0.25, -0.2) is 8.42 Å². The van der Waals surface area contributed by atoms with Gasteiger partial charge in [-0.3, -0.25) is 9.52 Å². The zero-order chi connectivity index (χ0) is 21.2. The second-order valence-corrected chi connectivity index (χ2v) is 9.06. The minimum absolute atomic E-state index is 0.0280. The smallest absolute Gasteiger partial charge is 0.262 e. The van der Waals surface area contributed by atoms with Crippen LogP contribution in [-0.2, 0) is 14.8 Å². The van der Waals surface area contributed by atoms with Gasteiger partial charge in [-0.15, -0.1) is 0 Å². The van der Waals surface area contributed by atoms with Gasteiger partial charge in [0.05, 0.1) is 29.9 Å². The van der Waals surface area contributed by atoms with Crippen LogP contribution in [0.3, 0.4) is 0 Å². The van der Waals surface area contributed by atoms with Gasteiger partial charge in [-0.05, 0) is 50.2 Å². The Balaban J connectivity index is 1.86. The molecule has 1 fully saturated rings. The van der Waals surface area contributed by atoms with Crippen molar-refractivity contribution in [2.45, 2.75) is 31.0 Å². The second-order valence-electron chi connectivity index (χ2n) is 6.95. The molecule has 0 spiro atoms. The summed E-state index contributed by atoms with van der Waals surface area (Å²) in [4.78, 5) is 14.5. The summed E-state index contributed by atoms with van der Waals surface area (Å²) in [6.07, 6.45) is -0.154. The fraction of sp³-hybridized carbons (Fsp3) is 0.350. The van der Waals surface area contributed by atoms with Crippen LogP contribution in [0.2, 0.25) is 5.02 Å². The van der Waals surface area contributed by atoms with E-state index in [9.17, 15) is 13.2 Å². The van der Waals surface area contributed by atoms with Gasteiger partial charge in [-0.1, -0.05) is 17.7 Å². The van der Waals surface area contributed by atoms with Crippen LogP contribution in [0, 0.1) is 0 Å². The molecule has 0 aromatic heterocycles. The Bertz CT molecular complexity index is 1000. The molecule has 1 amide bonds. The van der Waals surface area contributed by atoms with E-state index in [4.69, 9.17) is 21.1 Å². The molecule has 0 unspecified atom stereocenters. The number of benzene rings is 2. The predicted octanol–water partition coefficient (Wildman–Crippen LogP) is 3.40. The quantitative estimate of drug-likeness (QED) is 0.773. The molecule has 2 aromatic carbocycles. The highest BCUT2D eigenvalue weighted by Gasteiger charge is 2.27.